The zero-order chi connectivity index (χ0) is 9.14. The number of carbonyl (C=O) groups excluding carboxylic acids is 1. The molecule has 0 aliphatic heterocycles. The lowest BCUT2D eigenvalue weighted by Crippen LogP contribution is -2.16. The van der Waals surface area contributed by atoms with Crippen LogP contribution in [0.4, 0.5) is 0 Å². The minimum Gasteiger partial charge on any atom is -0.369 e. The maximum atomic E-state index is 10.6. The van der Waals surface area contributed by atoms with E-state index in [0.717, 1.165) is 17.0 Å². The molecule has 0 aromatic carbocycles. The maximum Gasteiger partial charge on any atom is 0.221 e. The van der Waals surface area contributed by atoms with Crippen LogP contribution >= 0.6 is 0 Å². The Morgan fingerprint density at radius 1 is 1.42 bits per heavy atom. The van der Waals surface area contributed by atoms with Gasteiger partial charge >= 0.3 is 0 Å². The van der Waals surface area contributed by atoms with Gasteiger partial charge in [-0.1, -0.05) is 0 Å². The number of primary amides is 1. The summed E-state index contributed by atoms with van der Waals surface area (Å²) in [5.74, 6) is -0.351. The summed E-state index contributed by atoms with van der Waals surface area (Å²) in [5, 5.41) is 0. The Hall–Kier alpha value is -1.45. The van der Waals surface area contributed by atoms with Crippen molar-refractivity contribution in [3.63, 3.8) is 0 Å². The van der Waals surface area contributed by atoms with E-state index < -0.39 is 0 Å². The van der Waals surface area contributed by atoms with Crippen molar-refractivity contribution in [3.8, 4) is 0 Å². The van der Waals surface area contributed by atoms with Gasteiger partial charge in [-0.05, 0) is 13.8 Å². The number of nitrogens with two attached hydrogens (primary N) is 1. The van der Waals surface area contributed by atoms with Crippen LogP contribution in [0.1, 0.15) is 17.0 Å². The molecule has 0 saturated carbocycles. The third kappa shape index (κ3) is 1.78. The van der Waals surface area contributed by atoms with Crippen molar-refractivity contribution in [2.24, 2.45) is 5.73 Å². The molecule has 0 radical (unpaired) electrons. The zero-order valence-electron chi connectivity index (χ0n) is 7.16. The highest BCUT2D eigenvalue weighted by atomic mass is 16.1. The average Bonchev–Trinajstić information content (AvgIpc) is 1.97. The third-order valence-corrected chi connectivity index (χ3v) is 1.73. The summed E-state index contributed by atoms with van der Waals surface area (Å²) in [6.45, 7) is 3.68. The number of hydrogen-bond acceptors (Lipinski definition) is 3. The van der Waals surface area contributed by atoms with E-state index in [1.54, 1.807) is 0 Å². The quantitative estimate of drug-likeness (QED) is 0.676. The van der Waals surface area contributed by atoms with Gasteiger partial charge in [-0.3, -0.25) is 4.79 Å². The smallest absolute Gasteiger partial charge is 0.221 e. The highest BCUT2D eigenvalue weighted by Gasteiger charge is 2.06. The number of hydrogen-bond donors (Lipinski definition) is 1. The molecule has 64 valence electrons. The van der Waals surface area contributed by atoms with Crippen LogP contribution in [0.15, 0.2) is 6.33 Å². The summed E-state index contributed by atoms with van der Waals surface area (Å²) in [6.07, 6.45) is 1.70. The first-order chi connectivity index (χ1) is 5.61. The van der Waals surface area contributed by atoms with Crippen LogP contribution in [-0.4, -0.2) is 15.9 Å². The van der Waals surface area contributed by atoms with Gasteiger partial charge in [0.05, 0.1) is 6.42 Å². The molecular formula is C8H11N3O. The first kappa shape index (κ1) is 8.64. The SMILES string of the molecule is Cc1ncnc(C)c1CC(N)=O. The van der Waals surface area contributed by atoms with E-state index in [4.69, 9.17) is 5.73 Å². The standard InChI is InChI=1S/C8H11N3O/c1-5-7(3-8(9)12)6(2)11-4-10-5/h4H,3H2,1-2H3,(H2,9,12). The van der Waals surface area contributed by atoms with Crippen LogP contribution < -0.4 is 5.73 Å². The molecule has 1 rings (SSSR count). The molecule has 4 heteroatoms. The largest absolute Gasteiger partial charge is 0.369 e. The topological polar surface area (TPSA) is 68.9 Å². The van der Waals surface area contributed by atoms with Crippen LogP contribution in [0.5, 0.6) is 0 Å². The fourth-order valence-electron chi connectivity index (χ4n) is 1.05. The second kappa shape index (κ2) is 3.30. The minimum absolute atomic E-state index is 0.221. The molecule has 1 aromatic rings. The van der Waals surface area contributed by atoms with Crippen LogP contribution in [0.3, 0.4) is 0 Å². The van der Waals surface area contributed by atoms with Crippen LogP contribution in [-0.2, 0) is 11.2 Å². The van der Waals surface area contributed by atoms with E-state index in [1.807, 2.05) is 13.8 Å². The van der Waals surface area contributed by atoms with Crippen molar-refractivity contribution >= 4 is 5.91 Å². The fraction of sp³-hybridized carbons (Fsp3) is 0.375. The monoisotopic (exact) mass is 165 g/mol. The number of amides is 1. The Morgan fingerprint density at radius 2 is 1.92 bits per heavy atom. The Balaban J connectivity index is 3.04. The number of aryl methyl sites for hydroxylation is 2. The van der Waals surface area contributed by atoms with E-state index in [9.17, 15) is 4.79 Å². The summed E-state index contributed by atoms with van der Waals surface area (Å²) >= 11 is 0. The van der Waals surface area contributed by atoms with Gasteiger partial charge in [0, 0.05) is 17.0 Å². The lowest BCUT2D eigenvalue weighted by molar-refractivity contribution is -0.117. The van der Waals surface area contributed by atoms with Gasteiger partial charge in [-0.2, -0.15) is 0 Å². The highest BCUT2D eigenvalue weighted by molar-refractivity contribution is 5.77. The van der Waals surface area contributed by atoms with E-state index in [0.29, 0.717) is 0 Å². The van der Waals surface area contributed by atoms with Crippen molar-refractivity contribution in [2.75, 3.05) is 0 Å². The normalized spacial score (nSPS) is 9.83. The molecule has 1 amide bonds. The maximum absolute atomic E-state index is 10.6. The van der Waals surface area contributed by atoms with Crippen LogP contribution in [0.25, 0.3) is 0 Å². The summed E-state index contributed by atoms with van der Waals surface area (Å²) in [7, 11) is 0. The molecule has 0 spiro atoms. The van der Waals surface area contributed by atoms with Gasteiger partial charge in [-0.25, -0.2) is 9.97 Å². The number of carbonyl (C=O) groups is 1. The van der Waals surface area contributed by atoms with Gasteiger partial charge in [-0.15, -0.1) is 0 Å². The Labute approximate surface area is 70.8 Å². The van der Waals surface area contributed by atoms with Crippen molar-refractivity contribution in [2.45, 2.75) is 20.3 Å². The molecule has 4 nitrogen and oxygen atoms in total. The summed E-state index contributed by atoms with van der Waals surface area (Å²) in [4.78, 5) is 18.6. The lowest BCUT2D eigenvalue weighted by Gasteiger charge is -2.04. The van der Waals surface area contributed by atoms with Gasteiger partial charge in [0.15, 0.2) is 0 Å². The van der Waals surface area contributed by atoms with Crippen LogP contribution in [0.2, 0.25) is 0 Å². The van der Waals surface area contributed by atoms with Crippen molar-refractivity contribution < 1.29 is 4.79 Å². The number of nitrogens with zero attached hydrogens (tertiary/aromatic N) is 2. The fourth-order valence-corrected chi connectivity index (χ4v) is 1.05. The highest BCUT2D eigenvalue weighted by Crippen LogP contribution is 2.07. The predicted molar refractivity (Wildman–Crippen MR) is 44.4 cm³/mol. The third-order valence-electron chi connectivity index (χ3n) is 1.73. The zero-order valence-corrected chi connectivity index (χ0v) is 7.16. The first-order valence-corrected chi connectivity index (χ1v) is 3.66. The molecule has 1 aromatic heterocycles. The molecule has 0 fully saturated rings. The molecule has 0 bridgehead atoms. The molecular weight excluding hydrogens is 154 g/mol. The predicted octanol–water partition coefficient (Wildman–Crippen LogP) is 0.121. The molecule has 0 unspecified atom stereocenters. The summed E-state index contributed by atoms with van der Waals surface area (Å²) < 4.78 is 0. The van der Waals surface area contributed by atoms with E-state index >= 15 is 0 Å². The minimum atomic E-state index is -0.351. The number of aromatic nitrogens is 2. The number of rotatable bonds is 2. The second-order valence-electron chi connectivity index (χ2n) is 2.67. The van der Waals surface area contributed by atoms with Gasteiger partial charge in [0.1, 0.15) is 6.33 Å². The summed E-state index contributed by atoms with van der Waals surface area (Å²) in [5.41, 5.74) is 7.55. The van der Waals surface area contributed by atoms with E-state index in [-0.39, 0.29) is 12.3 Å². The molecule has 2 N–H and O–H groups in total. The Morgan fingerprint density at radius 3 is 2.33 bits per heavy atom. The second-order valence-corrected chi connectivity index (χ2v) is 2.67. The Bertz CT molecular complexity index is 289. The molecule has 12 heavy (non-hydrogen) atoms. The van der Waals surface area contributed by atoms with Crippen molar-refractivity contribution in [1.29, 1.82) is 0 Å². The van der Waals surface area contributed by atoms with Gasteiger partial charge in [0.25, 0.3) is 0 Å². The van der Waals surface area contributed by atoms with Gasteiger partial charge in [0.2, 0.25) is 5.91 Å². The summed E-state index contributed by atoms with van der Waals surface area (Å²) in [6, 6.07) is 0. The van der Waals surface area contributed by atoms with Gasteiger partial charge < -0.3 is 5.73 Å². The van der Waals surface area contributed by atoms with E-state index in [1.165, 1.54) is 6.33 Å². The van der Waals surface area contributed by atoms with Crippen LogP contribution in [0, 0.1) is 13.8 Å². The van der Waals surface area contributed by atoms with Crippen molar-refractivity contribution in [3.05, 3.63) is 23.3 Å². The van der Waals surface area contributed by atoms with Crippen molar-refractivity contribution in [1.82, 2.24) is 9.97 Å². The lowest BCUT2D eigenvalue weighted by atomic mass is 10.1. The Kier molecular flexibility index (Phi) is 2.38. The van der Waals surface area contributed by atoms with E-state index in [2.05, 4.69) is 9.97 Å². The molecule has 0 saturated heterocycles. The average molecular weight is 165 g/mol. The first-order valence-electron chi connectivity index (χ1n) is 3.66. The molecule has 1 heterocycles. The molecule has 0 aliphatic carbocycles. The molecule has 0 atom stereocenters. The molecule has 0 aliphatic rings.